The van der Waals surface area contributed by atoms with Gasteiger partial charge in [0.05, 0.1) is 4.70 Å². The van der Waals surface area contributed by atoms with Gasteiger partial charge in [-0.2, -0.15) is 0 Å². The fourth-order valence-electron chi connectivity index (χ4n) is 6.77. The minimum Gasteiger partial charge on any atom is -0.142 e. The van der Waals surface area contributed by atoms with Crippen LogP contribution in [0.5, 0.6) is 0 Å². The van der Waals surface area contributed by atoms with Gasteiger partial charge in [0.1, 0.15) is 0 Å². The second kappa shape index (κ2) is 17.4. The lowest BCUT2D eigenvalue weighted by Crippen LogP contribution is -1.99. The zero-order valence-corrected chi connectivity index (χ0v) is 35.2. The van der Waals surface area contributed by atoms with E-state index in [1.54, 1.807) is 0 Å². The van der Waals surface area contributed by atoms with Gasteiger partial charge in [-0.25, -0.2) is 0 Å². The van der Waals surface area contributed by atoms with Crippen molar-refractivity contribution in [2.45, 2.75) is 117 Å². The van der Waals surface area contributed by atoms with E-state index in [9.17, 15) is 0 Å². The van der Waals surface area contributed by atoms with Crippen molar-refractivity contribution in [3.8, 4) is 29.9 Å². The zero-order valence-electron chi connectivity index (χ0n) is 30.3. The summed E-state index contributed by atoms with van der Waals surface area (Å²) in [5, 5.41) is 1.39. The van der Waals surface area contributed by atoms with E-state index < -0.39 is 0 Å². The number of rotatable bonds is 18. The molecule has 0 saturated heterocycles. The molecule has 3 atom stereocenters. The second-order valence-corrected chi connectivity index (χ2v) is 21.0. The van der Waals surface area contributed by atoms with E-state index in [0.29, 0.717) is 0 Å². The molecule has 6 rings (SSSR count). The van der Waals surface area contributed by atoms with Crippen molar-refractivity contribution in [2.24, 2.45) is 23.7 Å². The SMILES string of the molecule is CCC(C)CCCC(C)CCc1ccc(-c2cc3sc4ccc(-c5sc(-c6ccc(CCC(C)CCCC(C)C)s6)cc5S)cc4c3s2)s1. The zero-order chi connectivity index (χ0) is 34.5. The lowest BCUT2D eigenvalue weighted by Gasteiger charge is -2.12. The normalized spacial score (nSPS) is 14.0. The highest BCUT2D eigenvalue weighted by Crippen LogP contribution is 2.48. The molecule has 6 heteroatoms. The summed E-state index contributed by atoms with van der Waals surface area (Å²) >= 11 is 14.8. The van der Waals surface area contributed by atoms with Gasteiger partial charge in [0, 0.05) is 53.8 Å². The highest BCUT2D eigenvalue weighted by Gasteiger charge is 2.17. The molecule has 0 aliphatic heterocycles. The van der Waals surface area contributed by atoms with E-state index in [-0.39, 0.29) is 0 Å². The fourth-order valence-corrected chi connectivity index (χ4v) is 13.0. The van der Waals surface area contributed by atoms with E-state index in [2.05, 4.69) is 96.1 Å². The molecule has 0 N–H and O–H groups in total. The first-order chi connectivity index (χ1) is 23.7. The summed E-state index contributed by atoms with van der Waals surface area (Å²) in [7, 11) is 0. The lowest BCUT2D eigenvalue weighted by molar-refractivity contribution is 0.419. The molecule has 3 unspecified atom stereocenters. The number of thiol groups is 1. The lowest BCUT2D eigenvalue weighted by atomic mass is 9.94. The number of aryl methyl sites for hydroxylation is 2. The molecule has 0 saturated carbocycles. The summed E-state index contributed by atoms with van der Waals surface area (Å²) in [6.45, 7) is 14.3. The summed E-state index contributed by atoms with van der Waals surface area (Å²) in [5.74, 6) is 3.30. The van der Waals surface area contributed by atoms with Crippen molar-refractivity contribution in [1.82, 2.24) is 0 Å². The smallest absolute Gasteiger partial charge is 0.0536 e. The molecule has 1 aromatic carbocycles. The molecule has 49 heavy (non-hydrogen) atoms. The Morgan fingerprint density at radius 1 is 0.551 bits per heavy atom. The molecule has 0 amide bonds. The molecule has 6 aromatic rings. The Bertz CT molecular complexity index is 1920. The number of hydrogen-bond acceptors (Lipinski definition) is 6. The molecule has 0 bridgehead atoms. The van der Waals surface area contributed by atoms with Crippen LogP contribution in [0, 0.1) is 23.7 Å². The highest BCUT2D eigenvalue weighted by molar-refractivity contribution is 7.80. The highest BCUT2D eigenvalue weighted by atomic mass is 32.1. The van der Waals surface area contributed by atoms with Crippen LogP contribution in [0.2, 0.25) is 0 Å². The average Bonchev–Trinajstić information content (AvgIpc) is 3.91. The maximum atomic E-state index is 4.99. The number of fused-ring (bicyclic) bond motifs is 3. The molecule has 5 aromatic heterocycles. The van der Waals surface area contributed by atoms with Crippen LogP contribution in [0.15, 0.2) is 59.5 Å². The second-order valence-electron chi connectivity index (χ2n) is 15.0. The van der Waals surface area contributed by atoms with Crippen molar-refractivity contribution in [3.63, 3.8) is 0 Å². The Balaban J connectivity index is 1.11. The van der Waals surface area contributed by atoms with Crippen LogP contribution in [0.1, 0.15) is 109 Å². The topological polar surface area (TPSA) is 0 Å². The summed E-state index contributed by atoms with van der Waals surface area (Å²) in [6.07, 6.45) is 14.5. The maximum Gasteiger partial charge on any atom is 0.0536 e. The van der Waals surface area contributed by atoms with Gasteiger partial charge in [-0.05, 0) is 103 Å². The number of thiophene rings is 5. The van der Waals surface area contributed by atoms with E-state index in [1.807, 2.05) is 56.7 Å². The van der Waals surface area contributed by atoms with Crippen molar-refractivity contribution in [1.29, 1.82) is 0 Å². The fraction of sp³-hybridized carbons (Fsp3) is 0.488. The van der Waals surface area contributed by atoms with Gasteiger partial charge < -0.3 is 0 Å². The van der Waals surface area contributed by atoms with Crippen LogP contribution in [0.4, 0.5) is 0 Å². The van der Waals surface area contributed by atoms with E-state index in [0.717, 1.165) is 28.6 Å². The number of benzene rings is 1. The Morgan fingerprint density at radius 3 is 1.80 bits per heavy atom. The van der Waals surface area contributed by atoms with Gasteiger partial charge in [-0.1, -0.05) is 92.6 Å². The summed E-state index contributed by atoms with van der Waals surface area (Å²) < 4.78 is 4.22. The quantitative estimate of drug-likeness (QED) is 0.0828. The molecule has 0 aliphatic rings. The average molecular weight is 763 g/mol. The third-order valence-corrected chi connectivity index (χ3v) is 17.0. The van der Waals surface area contributed by atoms with Crippen LogP contribution < -0.4 is 0 Å². The van der Waals surface area contributed by atoms with Gasteiger partial charge in [-0.3, -0.25) is 0 Å². The molecular weight excluding hydrogens is 709 g/mol. The Morgan fingerprint density at radius 2 is 1.16 bits per heavy atom. The molecule has 262 valence electrons. The summed E-state index contributed by atoms with van der Waals surface area (Å²) in [5.41, 5.74) is 1.28. The Hall–Kier alpha value is -1.41. The first-order valence-corrected chi connectivity index (χ1v) is 23.2. The Kier molecular flexibility index (Phi) is 13.3. The van der Waals surface area contributed by atoms with E-state index in [1.165, 1.54) is 130 Å². The molecule has 0 nitrogen and oxygen atoms in total. The molecule has 5 heterocycles. The molecule has 0 aliphatic carbocycles. The van der Waals surface area contributed by atoms with E-state index >= 15 is 0 Å². The molecule has 0 radical (unpaired) electrons. The Labute approximate surface area is 321 Å². The summed E-state index contributed by atoms with van der Waals surface area (Å²) in [6, 6.07) is 21.2. The van der Waals surface area contributed by atoms with Crippen LogP contribution in [0.3, 0.4) is 0 Å². The van der Waals surface area contributed by atoms with Gasteiger partial charge in [0.25, 0.3) is 0 Å². The largest absolute Gasteiger partial charge is 0.142 e. The molecule has 0 fully saturated rings. The van der Waals surface area contributed by atoms with Gasteiger partial charge in [0.2, 0.25) is 0 Å². The van der Waals surface area contributed by atoms with Gasteiger partial charge in [0.15, 0.2) is 0 Å². The van der Waals surface area contributed by atoms with Crippen molar-refractivity contribution in [2.75, 3.05) is 0 Å². The van der Waals surface area contributed by atoms with Gasteiger partial charge >= 0.3 is 0 Å². The first kappa shape index (κ1) is 37.4. The minimum absolute atomic E-state index is 0.801. The predicted molar refractivity (Wildman–Crippen MR) is 231 cm³/mol. The monoisotopic (exact) mass is 762 g/mol. The van der Waals surface area contributed by atoms with Gasteiger partial charge in [-0.15, -0.1) is 69.3 Å². The van der Waals surface area contributed by atoms with Crippen LogP contribution in [0.25, 0.3) is 49.4 Å². The van der Waals surface area contributed by atoms with Crippen molar-refractivity contribution in [3.05, 3.63) is 64.4 Å². The van der Waals surface area contributed by atoms with Crippen molar-refractivity contribution >= 4 is 88.8 Å². The molecule has 0 spiro atoms. The first-order valence-electron chi connectivity index (χ1n) is 18.6. The van der Waals surface area contributed by atoms with Crippen LogP contribution in [-0.4, -0.2) is 0 Å². The number of hydrogen-bond donors (Lipinski definition) is 1. The molecular formula is C43H54S6. The summed E-state index contributed by atoms with van der Waals surface area (Å²) in [4.78, 5) is 11.0. The van der Waals surface area contributed by atoms with E-state index in [4.69, 9.17) is 12.6 Å². The van der Waals surface area contributed by atoms with Crippen molar-refractivity contribution < 1.29 is 0 Å². The van der Waals surface area contributed by atoms with Crippen LogP contribution >= 0.6 is 69.3 Å². The minimum atomic E-state index is 0.801. The third-order valence-electron chi connectivity index (χ3n) is 10.3. The third kappa shape index (κ3) is 9.73. The predicted octanol–water partition coefficient (Wildman–Crippen LogP) is 16.8. The standard InChI is InChI=1S/C43H54S6/c1-7-28(4)11-9-13-30(6)15-18-33-20-23-38(46-33)40-26-41-43(49-40)34-24-31(16-21-36(34)47-41)42-35(44)25-39(48-42)37-22-19-32(45-37)17-14-29(5)12-8-10-27(2)3/h16,19-30,44H,7-15,17-18H2,1-6H3. The van der Waals surface area contributed by atoms with Crippen LogP contribution in [-0.2, 0) is 12.8 Å². The maximum absolute atomic E-state index is 4.99.